The van der Waals surface area contributed by atoms with Crippen LogP contribution in [0.4, 0.5) is 26.2 Å². The molecule has 1 aromatic heterocycles. The number of nitrogens with zero attached hydrogens (tertiary/aromatic N) is 3. The van der Waals surface area contributed by atoms with Crippen molar-refractivity contribution in [3.8, 4) is 0 Å². The fraction of sp³-hybridized carbons (Fsp3) is 0.273. The van der Waals surface area contributed by atoms with E-state index in [1.807, 2.05) is 19.9 Å². The van der Waals surface area contributed by atoms with E-state index in [-0.39, 0.29) is 17.7 Å². The van der Waals surface area contributed by atoms with E-state index in [9.17, 15) is 8.78 Å². The first-order valence-corrected chi connectivity index (χ1v) is 9.35. The van der Waals surface area contributed by atoms with Crippen LogP contribution in [-0.4, -0.2) is 16.5 Å². The van der Waals surface area contributed by atoms with Crippen LogP contribution in [0.1, 0.15) is 35.3 Å². The molecule has 144 valence electrons. The number of halogens is 2. The van der Waals surface area contributed by atoms with Crippen molar-refractivity contribution in [2.75, 3.05) is 16.8 Å². The zero-order chi connectivity index (χ0) is 19.8. The Kier molecular flexibility index (Phi) is 4.71. The molecule has 28 heavy (non-hydrogen) atoms. The summed E-state index contributed by atoms with van der Waals surface area (Å²) >= 11 is 0. The van der Waals surface area contributed by atoms with Crippen LogP contribution < -0.4 is 10.2 Å². The van der Waals surface area contributed by atoms with Gasteiger partial charge in [-0.25, -0.2) is 13.8 Å². The molecule has 1 N–H and O–H groups in total. The lowest BCUT2D eigenvalue weighted by Gasteiger charge is -2.37. The third kappa shape index (κ3) is 3.42. The van der Waals surface area contributed by atoms with Gasteiger partial charge >= 0.3 is 0 Å². The average Bonchev–Trinajstić information content (AvgIpc) is 2.65. The van der Waals surface area contributed by atoms with Gasteiger partial charge in [0.15, 0.2) is 0 Å². The van der Waals surface area contributed by atoms with Crippen LogP contribution in [0.25, 0.3) is 0 Å². The quantitative estimate of drug-likeness (QED) is 0.675. The maximum atomic E-state index is 13.6. The highest BCUT2D eigenvalue weighted by atomic mass is 19.1. The first kappa shape index (κ1) is 18.3. The van der Waals surface area contributed by atoms with Gasteiger partial charge in [-0.05, 0) is 68.7 Å². The Morgan fingerprint density at radius 1 is 1.04 bits per heavy atom. The second kappa shape index (κ2) is 7.19. The highest BCUT2D eigenvalue weighted by molar-refractivity contribution is 5.59. The number of rotatable bonds is 3. The normalized spacial score (nSPS) is 16.0. The number of benzene rings is 2. The molecule has 0 saturated carbocycles. The number of fused-ring (bicyclic) bond motifs is 1. The summed E-state index contributed by atoms with van der Waals surface area (Å²) in [4.78, 5) is 11.5. The lowest BCUT2D eigenvalue weighted by atomic mass is 9.93. The molecule has 0 amide bonds. The summed E-state index contributed by atoms with van der Waals surface area (Å²) in [6.45, 7) is 6.79. The van der Waals surface area contributed by atoms with Gasteiger partial charge in [0.1, 0.15) is 17.5 Å². The van der Waals surface area contributed by atoms with Gasteiger partial charge in [-0.15, -0.1) is 0 Å². The van der Waals surface area contributed by atoms with E-state index in [2.05, 4.69) is 22.1 Å². The van der Waals surface area contributed by atoms with Crippen molar-refractivity contribution < 1.29 is 8.78 Å². The zero-order valence-electron chi connectivity index (χ0n) is 16.1. The van der Waals surface area contributed by atoms with E-state index in [1.165, 1.54) is 18.2 Å². The van der Waals surface area contributed by atoms with Crippen LogP contribution in [0, 0.1) is 25.5 Å². The first-order valence-electron chi connectivity index (χ1n) is 9.35. The van der Waals surface area contributed by atoms with E-state index >= 15 is 0 Å². The molecule has 4 rings (SSSR count). The molecule has 1 atom stereocenters. The van der Waals surface area contributed by atoms with Crippen LogP contribution in [0.5, 0.6) is 0 Å². The molecule has 3 aromatic rings. The summed E-state index contributed by atoms with van der Waals surface area (Å²) in [5.41, 5.74) is 4.62. The molecule has 4 nitrogen and oxygen atoms in total. The Bertz CT molecular complexity index is 1040. The molecule has 0 radical (unpaired) electrons. The van der Waals surface area contributed by atoms with Crippen LogP contribution in [0.3, 0.4) is 0 Å². The Morgan fingerprint density at radius 3 is 2.61 bits per heavy atom. The minimum atomic E-state index is -0.317. The number of anilines is 3. The summed E-state index contributed by atoms with van der Waals surface area (Å²) in [5.74, 6) is 0.757. The largest absolute Gasteiger partial charge is 0.349 e. The lowest BCUT2D eigenvalue weighted by Crippen LogP contribution is -2.35. The number of nitrogens with one attached hydrogen (secondary N) is 1. The van der Waals surface area contributed by atoms with Gasteiger partial charge in [0.25, 0.3) is 0 Å². The van der Waals surface area contributed by atoms with Crippen molar-refractivity contribution in [2.24, 2.45) is 0 Å². The van der Waals surface area contributed by atoms with Crippen LogP contribution in [0.2, 0.25) is 0 Å². The average molecular weight is 380 g/mol. The van der Waals surface area contributed by atoms with E-state index < -0.39 is 0 Å². The second-order valence-corrected chi connectivity index (χ2v) is 7.18. The monoisotopic (exact) mass is 380 g/mol. The molecule has 0 aliphatic carbocycles. The molecule has 6 heteroatoms. The van der Waals surface area contributed by atoms with Crippen molar-refractivity contribution >= 4 is 17.5 Å². The standard InChI is InChI=1S/C22H22F2N4/c1-13-14(2)25-22(26-19-6-4-5-17(23)12-19)27-21(13)28-10-9-16-11-18(24)7-8-20(16)15(28)3/h4-8,11-12,15H,9-10H2,1-3H3,(H,25,26,27). The number of hydrogen-bond donors (Lipinski definition) is 1. The third-order valence-corrected chi connectivity index (χ3v) is 5.36. The van der Waals surface area contributed by atoms with Gasteiger partial charge in [0.2, 0.25) is 5.95 Å². The molecule has 0 bridgehead atoms. The second-order valence-electron chi connectivity index (χ2n) is 7.18. The summed E-state index contributed by atoms with van der Waals surface area (Å²) in [7, 11) is 0. The predicted molar refractivity (Wildman–Crippen MR) is 107 cm³/mol. The van der Waals surface area contributed by atoms with Crippen LogP contribution in [-0.2, 0) is 6.42 Å². The molecule has 0 saturated heterocycles. The summed E-state index contributed by atoms with van der Waals surface area (Å²) in [5, 5.41) is 3.10. The van der Waals surface area contributed by atoms with Crippen molar-refractivity contribution in [3.05, 3.63) is 76.5 Å². The van der Waals surface area contributed by atoms with Gasteiger partial charge in [-0.2, -0.15) is 4.98 Å². The van der Waals surface area contributed by atoms with Crippen LogP contribution >= 0.6 is 0 Å². The number of aromatic nitrogens is 2. The van der Waals surface area contributed by atoms with Crippen molar-refractivity contribution in [3.63, 3.8) is 0 Å². The summed E-state index contributed by atoms with van der Waals surface area (Å²) in [6.07, 6.45) is 0.757. The Balaban J connectivity index is 1.69. The summed E-state index contributed by atoms with van der Waals surface area (Å²) in [6, 6.07) is 11.3. The lowest BCUT2D eigenvalue weighted by molar-refractivity contribution is 0.593. The highest BCUT2D eigenvalue weighted by Crippen LogP contribution is 2.35. The van der Waals surface area contributed by atoms with E-state index in [1.54, 1.807) is 18.2 Å². The van der Waals surface area contributed by atoms with Gasteiger partial charge in [-0.1, -0.05) is 12.1 Å². The molecule has 1 aliphatic rings. The van der Waals surface area contributed by atoms with E-state index in [0.29, 0.717) is 11.6 Å². The number of hydrogen-bond acceptors (Lipinski definition) is 4. The zero-order valence-corrected chi connectivity index (χ0v) is 16.1. The topological polar surface area (TPSA) is 41.1 Å². The fourth-order valence-electron chi connectivity index (χ4n) is 3.73. The Labute approximate surface area is 163 Å². The first-order chi connectivity index (χ1) is 13.4. The van der Waals surface area contributed by atoms with Crippen molar-refractivity contribution in [1.82, 2.24) is 9.97 Å². The Morgan fingerprint density at radius 2 is 1.82 bits per heavy atom. The fourth-order valence-corrected chi connectivity index (χ4v) is 3.73. The third-order valence-electron chi connectivity index (χ3n) is 5.36. The molecule has 2 heterocycles. The van der Waals surface area contributed by atoms with Gasteiger partial charge in [0.05, 0.1) is 6.04 Å². The number of aryl methyl sites for hydroxylation is 1. The summed E-state index contributed by atoms with van der Waals surface area (Å²) < 4.78 is 27.1. The smallest absolute Gasteiger partial charge is 0.229 e. The van der Waals surface area contributed by atoms with E-state index in [4.69, 9.17) is 4.98 Å². The van der Waals surface area contributed by atoms with Crippen molar-refractivity contribution in [2.45, 2.75) is 33.2 Å². The Hall–Kier alpha value is -3.02. The van der Waals surface area contributed by atoms with Crippen molar-refractivity contribution in [1.29, 1.82) is 0 Å². The predicted octanol–water partition coefficient (Wildman–Crippen LogP) is 5.24. The molecule has 1 aliphatic heterocycles. The molecule has 0 fully saturated rings. The molecule has 1 unspecified atom stereocenters. The van der Waals surface area contributed by atoms with Crippen LogP contribution in [0.15, 0.2) is 42.5 Å². The minimum Gasteiger partial charge on any atom is -0.349 e. The minimum absolute atomic E-state index is 0.0689. The van der Waals surface area contributed by atoms with E-state index in [0.717, 1.165) is 41.2 Å². The highest BCUT2D eigenvalue weighted by Gasteiger charge is 2.27. The van der Waals surface area contributed by atoms with Gasteiger partial charge in [-0.3, -0.25) is 0 Å². The molecule has 2 aromatic carbocycles. The van der Waals surface area contributed by atoms with Gasteiger partial charge < -0.3 is 10.2 Å². The maximum Gasteiger partial charge on any atom is 0.229 e. The molecular formula is C22H22F2N4. The maximum absolute atomic E-state index is 13.6. The SMILES string of the molecule is Cc1nc(Nc2cccc(F)c2)nc(N2CCc3cc(F)ccc3C2C)c1C. The van der Waals surface area contributed by atoms with Gasteiger partial charge in [0, 0.05) is 23.5 Å². The molecular weight excluding hydrogens is 358 g/mol. The molecule has 0 spiro atoms.